The van der Waals surface area contributed by atoms with Gasteiger partial charge in [-0.05, 0) is 61.8 Å². The number of nitrogens with one attached hydrogen (secondary N) is 1. The molecule has 10 nitrogen and oxygen atoms in total. The minimum Gasteiger partial charge on any atom is -0.497 e. The molecule has 37 heavy (non-hydrogen) atoms. The zero-order valence-corrected chi connectivity index (χ0v) is 23.2. The van der Waals surface area contributed by atoms with E-state index in [0.717, 1.165) is 45.6 Å². The predicted octanol–water partition coefficient (Wildman–Crippen LogP) is 2.61. The number of carbonyl (C=O) groups is 1. The van der Waals surface area contributed by atoms with Gasteiger partial charge in [-0.25, -0.2) is 8.42 Å². The summed E-state index contributed by atoms with van der Waals surface area (Å²) in [5.74, 6) is 0.103. The molecular formula is C26H38N4O6S. The summed E-state index contributed by atoms with van der Waals surface area (Å²) in [5.41, 5.74) is 1.09. The number of carbonyl (C=O) groups excluding carboxylic acids is 1. The van der Waals surface area contributed by atoms with Crippen LogP contribution < -0.4 is 10.1 Å². The Morgan fingerprint density at radius 1 is 1.19 bits per heavy atom. The van der Waals surface area contributed by atoms with Crippen LogP contribution in [0.1, 0.15) is 56.0 Å². The molecule has 2 saturated heterocycles. The summed E-state index contributed by atoms with van der Waals surface area (Å²) in [6, 6.07) is 3.94. The number of aryl methyl sites for hydroxylation is 2. The van der Waals surface area contributed by atoms with E-state index in [2.05, 4.69) is 34.2 Å². The van der Waals surface area contributed by atoms with Crippen molar-refractivity contribution >= 4 is 15.7 Å². The van der Waals surface area contributed by atoms with Crippen molar-refractivity contribution in [2.45, 2.75) is 76.1 Å². The monoisotopic (exact) mass is 534 g/mol. The van der Waals surface area contributed by atoms with Crippen LogP contribution in [0.25, 0.3) is 0 Å². The van der Waals surface area contributed by atoms with E-state index in [1.807, 2.05) is 0 Å². The molecule has 4 rings (SSSR count). The summed E-state index contributed by atoms with van der Waals surface area (Å²) in [6.45, 7) is 11.3. The predicted molar refractivity (Wildman–Crippen MR) is 137 cm³/mol. The van der Waals surface area contributed by atoms with E-state index in [4.69, 9.17) is 14.0 Å². The Labute approximate surface area is 219 Å². The number of likely N-dealkylation sites (tertiary alicyclic amines) is 1. The van der Waals surface area contributed by atoms with Gasteiger partial charge in [-0.3, -0.25) is 9.69 Å². The van der Waals surface area contributed by atoms with E-state index in [9.17, 15) is 13.2 Å². The lowest BCUT2D eigenvalue weighted by Crippen LogP contribution is -2.58. The molecule has 11 heteroatoms. The Bertz CT molecular complexity index is 1200. The van der Waals surface area contributed by atoms with Crippen LogP contribution in [0.5, 0.6) is 5.75 Å². The van der Waals surface area contributed by atoms with Gasteiger partial charge >= 0.3 is 0 Å². The molecule has 0 spiro atoms. The van der Waals surface area contributed by atoms with Gasteiger partial charge in [0.25, 0.3) is 0 Å². The molecule has 0 aliphatic carbocycles. The summed E-state index contributed by atoms with van der Waals surface area (Å²) < 4.78 is 42.1. The van der Waals surface area contributed by atoms with Gasteiger partial charge in [0.2, 0.25) is 11.8 Å². The Morgan fingerprint density at radius 2 is 1.86 bits per heavy atom. The van der Waals surface area contributed by atoms with E-state index in [-0.39, 0.29) is 40.4 Å². The minimum atomic E-state index is -3.72. The zero-order chi connectivity index (χ0) is 26.8. The van der Waals surface area contributed by atoms with Crippen LogP contribution >= 0.6 is 0 Å². The third kappa shape index (κ3) is 6.50. The number of aromatic nitrogens is 2. The molecule has 3 heterocycles. The third-order valence-corrected chi connectivity index (χ3v) is 9.33. The van der Waals surface area contributed by atoms with E-state index in [1.165, 1.54) is 7.11 Å². The molecular weight excluding hydrogens is 496 g/mol. The molecule has 204 valence electrons. The topological polar surface area (TPSA) is 124 Å². The molecule has 1 amide bonds. The van der Waals surface area contributed by atoms with E-state index < -0.39 is 15.6 Å². The van der Waals surface area contributed by atoms with Crippen LogP contribution in [0.3, 0.4) is 0 Å². The van der Waals surface area contributed by atoms with Gasteiger partial charge in [0.1, 0.15) is 17.9 Å². The summed E-state index contributed by atoms with van der Waals surface area (Å²) in [5, 5.41) is 6.97. The summed E-state index contributed by atoms with van der Waals surface area (Å²) in [6.07, 6.45) is 2.88. The normalized spacial score (nSPS) is 21.1. The van der Waals surface area contributed by atoms with Crippen molar-refractivity contribution < 1.29 is 27.2 Å². The first kappa shape index (κ1) is 27.5. The number of benzene rings is 1. The number of hydrogen-bond donors (Lipinski definition) is 1. The molecule has 2 aliphatic rings. The highest BCUT2D eigenvalue weighted by Gasteiger charge is 2.39. The van der Waals surface area contributed by atoms with Gasteiger partial charge in [-0.15, -0.1) is 0 Å². The molecule has 2 fully saturated rings. The third-order valence-electron chi connectivity index (χ3n) is 7.42. The van der Waals surface area contributed by atoms with Crippen LogP contribution in [0.4, 0.5) is 0 Å². The first-order valence-electron chi connectivity index (χ1n) is 12.8. The molecule has 1 N–H and O–H groups in total. The molecule has 0 radical (unpaired) electrons. The Balaban J connectivity index is 1.35. The van der Waals surface area contributed by atoms with Gasteiger partial charge in [0.05, 0.1) is 12.0 Å². The molecule has 0 bridgehead atoms. The number of nitrogens with zero attached hydrogens (tertiary/aromatic N) is 3. The fourth-order valence-corrected chi connectivity index (χ4v) is 7.29. The maximum atomic E-state index is 13.1. The lowest BCUT2D eigenvalue weighted by molar-refractivity contribution is -0.123. The van der Waals surface area contributed by atoms with Crippen molar-refractivity contribution in [2.24, 2.45) is 5.41 Å². The van der Waals surface area contributed by atoms with Crippen molar-refractivity contribution in [3.8, 4) is 5.75 Å². The summed E-state index contributed by atoms with van der Waals surface area (Å²) in [4.78, 5) is 19.8. The number of rotatable bonds is 8. The largest absolute Gasteiger partial charge is 0.497 e. The van der Waals surface area contributed by atoms with E-state index in [0.29, 0.717) is 22.9 Å². The number of methoxy groups -OCH3 is 1. The van der Waals surface area contributed by atoms with Gasteiger partial charge in [0, 0.05) is 38.4 Å². The molecule has 0 saturated carbocycles. The van der Waals surface area contributed by atoms with E-state index in [1.54, 1.807) is 26.0 Å². The fourth-order valence-electron chi connectivity index (χ4n) is 5.59. The van der Waals surface area contributed by atoms with Crippen LogP contribution in [0, 0.1) is 19.3 Å². The van der Waals surface area contributed by atoms with Gasteiger partial charge < -0.3 is 19.3 Å². The SMILES string of the molecule is COc1cc(C)c(S(=O)(=O)Cc2noc(CC(=O)NC3CCN(C4CCOCC4)CC3(C)C)n2)c(C)c1. The lowest BCUT2D eigenvalue weighted by atomic mass is 9.78. The molecule has 1 atom stereocenters. The highest BCUT2D eigenvalue weighted by molar-refractivity contribution is 7.90. The van der Waals surface area contributed by atoms with Crippen molar-refractivity contribution in [1.29, 1.82) is 0 Å². The smallest absolute Gasteiger partial charge is 0.236 e. The number of amides is 1. The number of piperidine rings is 1. The Morgan fingerprint density at radius 3 is 2.49 bits per heavy atom. The maximum absolute atomic E-state index is 13.1. The average molecular weight is 535 g/mol. The van der Waals surface area contributed by atoms with Crippen molar-refractivity contribution in [1.82, 2.24) is 20.4 Å². The van der Waals surface area contributed by atoms with Crippen LogP contribution in [-0.4, -0.2) is 74.9 Å². The molecule has 1 unspecified atom stereocenters. The second-order valence-electron chi connectivity index (χ2n) is 10.8. The second kappa shape index (κ2) is 11.1. The zero-order valence-electron chi connectivity index (χ0n) is 22.4. The molecule has 1 aromatic heterocycles. The first-order valence-corrected chi connectivity index (χ1v) is 14.4. The molecule has 2 aliphatic heterocycles. The fraction of sp³-hybridized carbons (Fsp3) is 0.654. The van der Waals surface area contributed by atoms with Crippen molar-refractivity contribution in [3.63, 3.8) is 0 Å². The van der Waals surface area contributed by atoms with Crippen LogP contribution in [0.2, 0.25) is 0 Å². The van der Waals surface area contributed by atoms with E-state index >= 15 is 0 Å². The highest BCUT2D eigenvalue weighted by atomic mass is 32.2. The van der Waals surface area contributed by atoms with Gasteiger partial charge in [-0.1, -0.05) is 19.0 Å². The lowest BCUT2D eigenvalue weighted by Gasteiger charge is -2.48. The van der Waals surface area contributed by atoms with Gasteiger partial charge in [0.15, 0.2) is 15.7 Å². The number of hydrogen-bond acceptors (Lipinski definition) is 9. The summed E-state index contributed by atoms with van der Waals surface area (Å²) >= 11 is 0. The Kier molecular flexibility index (Phi) is 8.25. The number of sulfone groups is 1. The van der Waals surface area contributed by atoms with Crippen molar-refractivity contribution in [3.05, 3.63) is 35.0 Å². The highest BCUT2D eigenvalue weighted by Crippen LogP contribution is 2.32. The van der Waals surface area contributed by atoms with Gasteiger partial charge in [-0.2, -0.15) is 4.98 Å². The second-order valence-corrected chi connectivity index (χ2v) is 12.8. The van der Waals surface area contributed by atoms with Crippen molar-refractivity contribution in [2.75, 3.05) is 33.4 Å². The molecule has 1 aromatic carbocycles. The first-order chi connectivity index (χ1) is 17.5. The minimum absolute atomic E-state index is 0.0277. The van der Waals surface area contributed by atoms with Crippen LogP contribution in [0.15, 0.2) is 21.6 Å². The quantitative estimate of drug-likeness (QED) is 0.544. The van der Waals surface area contributed by atoms with Crippen LogP contribution in [-0.2, 0) is 31.5 Å². The standard InChI is InChI=1S/C26H38N4O6S/c1-17-12-20(34-5)13-18(2)25(17)37(32,33)15-22-28-24(36-29-22)14-23(31)27-21-6-9-30(16-26(21,3)4)19-7-10-35-11-8-19/h12-13,19,21H,6-11,14-16H2,1-5H3,(H,27,31). The molecule has 2 aromatic rings. The summed E-state index contributed by atoms with van der Waals surface area (Å²) in [7, 11) is -2.18. The maximum Gasteiger partial charge on any atom is 0.236 e. The Hall–Kier alpha value is -2.50. The number of ether oxygens (including phenoxy) is 2. The average Bonchev–Trinajstić information content (AvgIpc) is 3.25.